The zero-order valence-electron chi connectivity index (χ0n) is 14.7. The fourth-order valence-corrected chi connectivity index (χ4v) is 2.78. The Bertz CT molecular complexity index is 893. The maximum absolute atomic E-state index is 13.0. The van der Waals surface area contributed by atoms with Gasteiger partial charge in [0.15, 0.2) is 5.82 Å². The molecule has 1 aliphatic carbocycles. The Labute approximate surface area is 160 Å². The van der Waals surface area contributed by atoms with Crippen LogP contribution >= 0.6 is 0 Å². The Morgan fingerprint density at radius 1 is 1.21 bits per heavy atom. The van der Waals surface area contributed by atoms with E-state index in [-0.39, 0.29) is 11.9 Å². The topological polar surface area (TPSA) is 63.1 Å². The molecule has 0 bridgehead atoms. The van der Waals surface area contributed by atoms with Crippen molar-refractivity contribution in [1.82, 2.24) is 25.2 Å². The van der Waals surface area contributed by atoms with Gasteiger partial charge in [-0.1, -0.05) is 12.2 Å². The summed E-state index contributed by atoms with van der Waals surface area (Å²) in [5, 5.41) is 5.44. The quantitative estimate of drug-likeness (QED) is 0.600. The molecule has 29 heavy (non-hydrogen) atoms. The first kappa shape index (κ1) is 20.7. The molecule has 1 amide bonds. The van der Waals surface area contributed by atoms with E-state index in [9.17, 15) is 31.1 Å². The Morgan fingerprint density at radius 3 is 2.59 bits per heavy atom. The van der Waals surface area contributed by atoms with E-state index in [0.29, 0.717) is 12.6 Å². The standard InChI is InChI=1S/C17H15F6N5O/c18-16(19,20)12-7-11(8-13(9-12)17(21,22)23)15-24-10-28(26-15)6-3-14(29)25-27-4-1-2-5-27/h1,3-4,6-7,9-11H,2,5,8H2,(H,25,29)/b6-3-. The number of halogens is 6. The molecular weight excluding hydrogens is 404 g/mol. The Morgan fingerprint density at radius 2 is 1.97 bits per heavy atom. The second-order valence-electron chi connectivity index (χ2n) is 6.34. The van der Waals surface area contributed by atoms with Crippen LogP contribution in [0.3, 0.4) is 0 Å². The summed E-state index contributed by atoms with van der Waals surface area (Å²) in [5.41, 5.74) is -0.144. The minimum atomic E-state index is -4.93. The van der Waals surface area contributed by atoms with Crippen LogP contribution < -0.4 is 5.43 Å². The Balaban J connectivity index is 1.74. The van der Waals surface area contributed by atoms with Crippen molar-refractivity contribution in [1.29, 1.82) is 0 Å². The van der Waals surface area contributed by atoms with E-state index in [2.05, 4.69) is 15.5 Å². The zero-order chi connectivity index (χ0) is 21.2. The number of aromatic nitrogens is 3. The van der Waals surface area contributed by atoms with Crippen molar-refractivity contribution >= 4 is 12.1 Å². The molecule has 1 aromatic rings. The molecule has 0 radical (unpaired) electrons. The number of amides is 1. The fourth-order valence-electron chi connectivity index (χ4n) is 2.78. The van der Waals surface area contributed by atoms with E-state index in [1.165, 1.54) is 6.20 Å². The van der Waals surface area contributed by atoms with Crippen molar-refractivity contribution in [3.63, 3.8) is 0 Å². The summed E-state index contributed by atoms with van der Waals surface area (Å²) in [6.07, 6.45) is -2.00. The molecule has 6 nitrogen and oxygen atoms in total. The molecule has 156 valence electrons. The van der Waals surface area contributed by atoms with Crippen molar-refractivity contribution in [3.8, 4) is 0 Å². The second kappa shape index (κ2) is 7.76. The average molecular weight is 419 g/mol. The third-order valence-corrected chi connectivity index (χ3v) is 4.15. The van der Waals surface area contributed by atoms with Gasteiger partial charge in [-0.15, -0.1) is 0 Å². The highest BCUT2D eigenvalue weighted by atomic mass is 19.4. The highest BCUT2D eigenvalue weighted by molar-refractivity contribution is 5.89. The van der Waals surface area contributed by atoms with Gasteiger partial charge in [-0.2, -0.15) is 31.4 Å². The molecule has 1 unspecified atom stereocenters. The van der Waals surface area contributed by atoms with E-state index in [4.69, 9.17) is 0 Å². The van der Waals surface area contributed by atoms with Gasteiger partial charge in [0.1, 0.15) is 6.33 Å². The van der Waals surface area contributed by atoms with E-state index in [1.54, 1.807) is 11.2 Å². The maximum atomic E-state index is 13.0. The normalized spacial score (nSPS) is 20.2. The van der Waals surface area contributed by atoms with Crippen molar-refractivity contribution in [3.05, 3.63) is 53.8 Å². The molecule has 1 aliphatic heterocycles. The van der Waals surface area contributed by atoms with Crippen LogP contribution in [0.4, 0.5) is 26.3 Å². The predicted octanol–water partition coefficient (Wildman–Crippen LogP) is 3.46. The summed E-state index contributed by atoms with van der Waals surface area (Å²) >= 11 is 0. The molecule has 0 saturated heterocycles. The number of carbonyl (C=O) groups excluding carboxylic acids is 1. The molecule has 3 rings (SSSR count). The van der Waals surface area contributed by atoms with Gasteiger partial charge in [0, 0.05) is 36.5 Å². The van der Waals surface area contributed by atoms with Gasteiger partial charge in [-0.3, -0.25) is 15.2 Å². The van der Waals surface area contributed by atoms with Gasteiger partial charge in [-0.05, 0) is 18.9 Å². The molecule has 0 saturated carbocycles. The molecule has 2 heterocycles. The molecule has 1 aromatic heterocycles. The molecule has 12 heteroatoms. The van der Waals surface area contributed by atoms with E-state index < -0.39 is 41.7 Å². The van der Waals surface area contributed by atoms with Crippen LogP contribution in [0.1, 0.15) is 24.6 Å². The third kappa shape index (κ3) is 5.27. The van der Waals surface area contributed by atoms with Crippen molar-refractivity contribution < 1.29 is 31.1 Å². The predicted molar refractivity (Wildman–Crippen MR) is 89.6 cm³/mol. The molecule has 1 atom stereocenters. The first-order valence-electron chi connectivity index (χ1n) is 8.42. The zero-order valence-corrected chi connectivity index (χ0v) is 14.7. The number of rotatable bonds is 4. The third-order valence-electron chi connectivity index (χ3n) is 4.15. The number of alkyl halides is 6. The number of nitrogens with one attached hydrogen (secondary N) is 1. The van der Waals surface area contributed by atoms with Crippen molar-refractivity contribution in [2.24, 2.45) is 0 Å². The number of allylic oxidation sites excluding steroid dienone is 4. The van der Waals surface area contributed by atoms with Crippen molar-refractivity contribution in [2.75, 3.05) is 6.54 Å². The lowest BCUT2D eigenvalue weighted by molar-refractivity contribution is -0.119. The average Bonchev–Trinajstić information content (AvgIpc) is 3.30. The van der Waals surface area contributed by atoms with Crippen LogP contribution in [0.5, 0.6) is 0 Å². The highest BCUT2D eigenvalue weighted by Gasteiger charge is 2.42. The van der Waals surface area contributed by atoms with Crippen LogP contribution in [0, 0.1) is 0 Å². The van der Waals surface area contributed by atoms with Crippen LogP contribution in [0.2, 0.25) is 0 Å². The number of hydrazine groups is 1. The fraction of sp³-hybridized carbons (Fsp3) is 0.353. The number of hydrogen-bond acceptors (Lipinski definition) is 4. The minimum Gasteiger partial charge on any atom is -0.293 e. The molecule has 0 fully saturated rings. The first-order chi connectivity index (χ1) is 13.5. The number of carbonyl (C=O) groups is 1. The van der Waals surface area contributed by atoms with Gasteiger partial charge < -0.3 is 0 Å². The molecule has 2 aliphatic rings. The van der Waals surface area contributed by atoms with E-state index in [0.717, 1.165) is 23.5 Å². The summed E-state index contributed by atoms with van der Waals surface area (Å²) in [5.74, 6) is -1.99. The van der Waals surface area contributed by atoms with Crippen LogP contribution in [-0.4, -0.2) is 44.6 Å². The van der Waals surface area contributed by atoms with E-state index >= 15 is 0 Å². The molecule has 0 aromatic carbocycles. The van der Waals surface area contributed by atoms with Gasteiger partial charge >= 0.3 is 12.4 Å². The molecule has 0 spiro atoms. The highest BCUT2D eigenvalue weighted by Crippen LogP contribution is 2.42. The number of hydrogen-bond donors (Lipinski definition) is 1. The minimum absolute atomic E-state index is 0.102. The summed E-state index contributed by atoms with van der Waals surface area (Å²) in [6, 6.07) is 0. The molecular formula is C17H15F6N5O. The summed E-state index contributed by atoms with van der Waals surface area (Å²) < 4.78 is 79.0. The van der Waals surface area contributed by atoms with Crippen molar-refractivity contribution in [2.45, 2.75) is 31.1 Å². The summed E-state index contributed by atoms with van der Waals surface area (Å²) in [6.45, 7) is 0.623. The van der Waals surface area contributed by atoms with Gasteiger partial charge in [0.2, 0.25) is 0 Å². The smallest absolute Gasteiger partial charge is 0.293 e. The second-order valence-corrected chi connectivity index (χ2v) is 6.34. The maximum Gasteiger partial charge on any atom is 0.416 e. The van der Waals surface area contributed by atoms with E-state index in [1.807, 2.05) is 6.08 Å². The lowest BCUT2D eigenvalue weighted by Gasteiger charge is -2.22. The largest absolute Gasteiger partial charge is 0.416 e. The number of nitrogens with zero attached hydrogens (tertiary/aromatic N) is 4. The van der Waals surface area contributed by atoms with Gasteiger partial charge in [0.25, 0.3) is 5.91 Å². The lowest BCUT2D eigenvalue weighted by Crippen LogP contribution is -2.36. The molecule has 1 N–H and O–H groups in total. The summed E-state index contributed by atoms with van der Waals surface area (Å²) in [4.78, 5) is 15.6. The van der Waals surface area contributed by atoms with Gasteiger partial charge in [-0.25, -0.2) is 9.67 Å². The monoisotopic (exact) mass is 419 g/mol. The lowest BCUT2D eigenvalue weighted by atomic mass is 9.89. The van der Waals surface area contributed by atoms with Crippen LogP contribution in [0.15, 0.2) is 48.0 Å². The van der Waals surface area contributed by atoms with Gasteiger partial charge in [0.05, 0.1) is 5.57 Å². The van der Waals surface area contributed by atoms with Crippen LogP contribution in [-0.2, 0) is 4.79 Å². The Kier molecular flexibility index (Phi) is 5.53. The SMILES string of the molecule is O=C(/C=C\n1cnc(C2C=C(C(F)(F)F)C=C(C(F)(F)F)C2)n1)NN1C=CCC1. The first-order valence-corrected chi connectivity index (χ1v) is 8.42. The Hall–Kier alpha value is -3.05. The van der Waals surface area contributed by atoms with Crippen LogP contribution in [0.25, 0.3) is 6.20 Å². The summed E-state index contributed by atoms with van der Waals surface area (Å²) in [7, 11) is 0.